The molecule has 0 aliphatic rings. The first-order valence-corrected chi connectivity index (χ1v) is 8.59. The molecule has 5 heteroatoms. The third-order valence-corrected chi connectivity index (χ3v) is 4.50. The number of benzene rings is 1. The van der Waals surface area contributed by atoms with Gasteiger partial charge in [0, 0.05) is 41.0 Å². The molecule has 0 aliphatic carbocycles. The van der Waals surface area contributed by atoms with Crippen molar-refractivity contribution in [2.45, 2.75) is 39.2 Å². The number of nitrogens with two attached hydrogens (primary N) is 1. The van der Waals surface area contributed by atoms with Crippen LogP contribution >= 0.6 is 0 Å². The molecule has 0 heterocycles. The Morgan fingerprint density at radius 1 is 1.25 bits per heavy atom. The lowest BCUT2D eigenvalue weighted by Gasteiger charge is -2.09. The molecule has 1 atom stereocenters. The molecule has 1 rings (SSSR count). The minimum atomic E-state index is -0.789. The van der Waals surface area contributed by atoms with Crippen LogP contribution in [0, 0.1) is 0 Å². The van der Waals surface area contributed by atoms with E-state index in [1.54, 1.807) is 0 Å². The fourth-order valence-corrected chi connectivity index (χ4v) is 3.12. The number of hydrogen-bond donors (Lipinski definition) is 2. The number of carbonyl (C=O) groups excluding carboxylic acids is 1. The number of carbonyl (C=O) groups is 1. The van der Waals surface area contributed by atoms with Gasteiger partial charge in [0.25, 0.3) is 0 Å². The number of hydrogen-bond acceptors (Lipinski definition) is 3. The summed E-state index contributed by atoms with van der Waals surface area (Å²) < 4.78 is 11.6. The molecule has 0 fully saturated rings. The Kier molecular flexibility index (Phi) is 8.14. The Morgan fingerprint density at radius 2 is 1.95 bits per heavy atom. The van der Waals surface area contributed by atoms with Crippen LogP contribution in [0.3, 0.4) is 0 Å². The Labute approximate surface area is 123 Å². The highest BCUT2D eigenvalue weighted by molar-refractivity contribution is 7.84. The summed E-state index contributed by atoms with van der Waals surface area (Å²) >= 11 is 0. The summed E-state index contributed by atoms with van der Waals surface area (Å²) in [5.74, 6) is 1.30. The summed E-state index contributed by atoms with van der Waals surface area (Å²) in [6, 6.07) is 7.51. The number of nitrogens with one attached hydrogen (secondary N) is 1. The van der Waals surface area contributed by atoms with Gasteiger partial charge in [0.1, 0.15) is 0 Å². The highest BCUT2D eigenvalue weighted by atomic mass is 32.2. The van der Waals surface area contributed by atoms with E-state index in [4.69, 9.17) is 5.73 Å². The maximum atomic E-state index is 11.8. The number of para-hydroxylation sites is 1. The molecular weight excluding hydrogens is 272 g/mol. The van der Waals surface area contributed by atoms with Gasteiger partial charge < -0.3 is 11.1 Å². The summed E-state index contributed by atoms with van der Waals surface area (Å²) in [5.41, 5.74) is 7.32. The molecule has 0 saturated heterocycles. The van der Waals surface area contributed by atoms with E-state index < -0.39 is 10.8 Å². The molecule has 0 spiro atoms. The summed E-state index contributed by atoms with van der Waals surface area (Å²) in [6.07, 6.45) is 3.11. The fraction of sp³-hybridized carbons (Fsp3) is 0.533. The second-order valence-electron chi connectivity index (χ2n) is 4.71. The fourth-order valence-electron chi connectivity index (χ4n) is 1.83. The monoisotopic (exact) mass is 296 g/mol. The van der Waals surface area contributed by atoms with Crippen molar-refractivity contribution in [3.05, 3.63) is 29.8 Å². The first kappa shape index (κ1) is 16.9. The standard InChI is InChI=1S/C15H24N2O2S/c1-2-3-10-20(19)11-6-9-15(18)17-14-8-5-4-7-13(14)12-16/h4-5,7-8H,2-3,6,9-12,16H2,1H3,(H,17,18). The smallest absolute Gasteiger partial charge is 0.224 e. The molecule has 4 nitrogen and oxygen atoms in total. The number of unbranched alkanes of at least 4 members (excludes halogenated alkanes) is 1. The van der Waals surface area contributed by atoms with Crippen molar-refractivity contribution in [3.63, 3.8) is 0 Å². The molecule has 0 aliphatic heterocycles. The zero-order chi connectivity index (χ0) is 14.8. The Morgan fingerprint density at radius 3 is 2.65 bits per heavy atom. The van der Waals surface area contributed by atoms with Crippen molar-refractivity contribution < 1.29 is 9.00 Å². The zero-order valence-corrected chi connectivity index (χ0v) is 12.9. The molecule has 1 amide bonds. The van der Waals surface area contributed by atoms with Crippen LogP contribution < -0.4 is 11.1 Å². The second kappa shape index (κ2) is 9.66. The van der Waals surface area contributed by atoms with Crippen LogP contribution in [0.1, 0.15) is 38.2 Å². The Balaban J connectivity index is 2.31. The van der Waals surface area contributed by atoms with E-state index in [1.165, 1.54) is 0 Å². The quantitative estimate of drug-likeness (QED) is 0.735. The van der Waals surface area contributed by atoms with E-state index in [2.05, 4.69) is 12.2 Å². The van der Waals surface area contributed by atoms with E-state index in [-0.39, 0.29) is 5.91 Å². The predicted molar refractivity (Wildman–Crippen MR) is 85.0 cm³/mol. The van der Waals surface area contributed by atoms with Crippen LogP contribution in [0.4, 0.5) is 5.69 Å². The van der Waals surface area contributed by atoms with E-state index in [0.717, 1.165) is 29.8 Å². The molecule has 0 saturated carbocycles. The molecule has 112 valence electrons. The first-order chi connectivity index (χ1) is 9.67. The van der Waals surface area contributed by atoms with Crippen LogP contribution in [0.15, 0.2) is 24.3 Å². The number of amides is 1. The van der Waals surface area contributed by atoms with Crippen LogP contribution in [0.25, 0.3) is 0 Å². The lowest BCUT2D eigenvalue weighted by molar-refractivity contribution is -0.116. The van der Waals surface area contributed by atoms with Gasteiger partial charge in [-0.1, -0.05) is 31.5 Å². The molecule has 0 radical (unpaired) electrons. The Hall–Kier alpha value is -1.20. The van der Waals surface area contributed by atoms with Crippen molar-refractivity contribution in [2.75, 3.05) is 16.8 Å². The molecule has 1 aromatic rings. The van der Waals surface area contributed by atoms with Gasteiger partial charge in [0.15, 0.2) is 0 Å². The summed E-state index contributed by atoms with van der Waals surface area (Å²) in [4.78, 5) is 11.8. The van der Waals surface area contributed by atoms with Crippen molar-refractivity contribution >= 4 is 22.4 Å². The molecule has 1 aromatic carbocycles. The van der Waals surface area contributed by atoms with Gasteiger partial charge in [0.2, 0.25) is 5.91 Å². The van der Waals surface area contributed by atoms with Gasteiger partial charge in [-0.3, -0.25) is 9.00 Å². The zero-order valence-electron chi connectivity index (χ0n) is 12.1. The first-order valence-electron chi connectivity index (χ1n) is 7.10. The van der Waals surface area contributed by atoms with Crippen molar-refractivity contribution in [3.8, 4) is 0 Å². The Bertz CT molecular complexity index is 449. The number of anilines is 1. The topological polar surface area (TPSA) is 72.2 Å². The lowest BCUT2D eigenvalue weighted by Crippen LogP contribution is -2.15. The highest BCUT2D eigenvalue weighted by Crippen LogP contribution is 2.14. The van der Waals surface area contributed by atoms with Crippen LogP contribution in [-0.4, -0.2) is 21.6 Å². The van der Waals surface area contributed by atoms with E-state index >= 15 is 0 Å². The highest BCUT2D eigenvalue weighted by Gasteiger charge is 2.06. The van der Waals surface area contributed by atoms with Crippen molar-refractivity contribution in [1.82, 2.24) is 0 Å². The van der Waals surface area contributed by atoms with E-state index in [0.29, 0.717) is 25.1 Å². The molecule has 3 N–H and O–H groups in total. The third-order valence-electron chi connectivity index (χ3n) is 3.01. The van der Waals surface area contributed by atoms with Gasteiger partial charge in [-0.25, -0.2) is 0 Å². The van der Waals surface area contributed by atoms with Gasteiger partial charge >= 0.3 is 0 Å². The summed E-state index contributed by atoms with van der Waals surface area (Å²) in [7, 11) is -0.789. The SMILES string of the molecule is CCCCS(=O)CCCC(=O)Nc1ccccc1CN. The van der Waals surface area contributed by atoms with Crippen LogP contribution in [0.2, 0.25) is 0 Å². The van der Waals surface area contributed by atoms with Crippen LogP contribution in [-0.2, 0) is 22.1 Å². The molecule has 0 aromatic heterocycles. The van der Waals surface area contributed by atoms with Crippen molar-refractivity contribution in [1.29, 1.82) is 0 Å². The van der Waals surface area contributed by atoms with Gasteiger partial charge in [0.05, 0.1) is 0 Å². The molecule has 20 heavy (non-hydrogen) atoms. The van der Waals surface area contributed by atoms with E-state index in [9.17, 15) is 9.00 Å². The molecule has 0 bridgehead atoms. The minimum Gasteiger partial charge on any atom is -0.326 e. The minimum absolute atomic E-state index is 0.0432. The number of rotatable bonds is 9. The largest absolute Gasteiger partial charge is 0.326 e. The van der Waals surface area contributed by atoms with Gasteiger partial charge in [-0.15, -0.1) is 0 Å². The predicted octanol–water partition coefficient (Wildman–Crippen LogP) is 2.41. The van der Waals surface area contributed by atoms with E-state index in [1.807, 2.05) is 24.3 Å². The normalized spacial score (nSPS) is 12.1. The average molecular weight is 296 g/mol. The third kappa shape index (κ3) is 6.30. The maximum Gasteiger partial charge on any atom is 0.224 e. The second-order valence-corrected chi connectivity index (χ2v) is 6.41. The summed E-state index contributed by atoms with van der Waals surface area (Å²) in [5, 5.41) is 2.86. The lowest BCUT2D eigenvalue weighted by atomic mass is 10.1. The average Bonchev–Trinajstić information content (AvgIpc) is 2.45. The molecule has 1 unspecified atom stereocenters. The summed E-state index contributed by atoms with van der Waals surface area (Å²) in [6.45, 7) is 2.48. The van der Waals surface area contributed by atoms with Gasteiger partial charge in [-0.05, 0) is 24.5 Å². The maximum absolute atomic E-state index is 11.8. The van der Waals surface area contributed by atoms with Crippen LogP contribution in [0.5, 0.6) is 0 Å². The van der Waals surface area contributed by atoms with Gasteiger partial charge in [-0.2, -0.15) is 0 Å². The molecular formula is C15H24N2O2S. The van der Waals surface area contributed by atoms with Crippen molar-refractivity contribution in [2.24, 2.45) is 5.73 Å².